The summed E-state index contributed by atoms with van der Waals surface area (Å²) in [5.41, 5.74) is 3.58. The smallest absolute Gasteiger partial charge is 0.305 e. The van der Waals surface area contributed by atoms with Crippen LogP contribution < -0.4 is 10.2 Å². The highest BCUT2D eigenvalue weighted by Gasteiger charge is 2.70. The number of fused-ring (bicyclic) bond motifs is 5. The number of halogens is 2. The fraction of sp³-hybridized carbons (Fsp3) is 0.275. The second-order valence-corrected chi connectivity index (χ2v) is 14.7. The fourth-order valence-electron chi connectivity index (χ4n) is 9.24. The molecule has 4 amide bonds. The van der Waals surface area contributed by atoms with Crippen molar-refractivity contribution in [3.05, 3.63) is 112 Å². The van der Waals surface area contributed by atoms with Gasteiger partial charge in [-0.25, -0.2) is 0 Å². The number of imide groups is 2. The minimum atomic E-state index is -1.58. The number of methoxy groups -OCH3 is 1. The number of anilines is 1. The molecule has 13 heteroatoms. The third kappa shape index (κ3) is 5.20. The molecule has 3 fully saturated rings. The quantitative estimate of drug-likeness (QED) is 0.139. The average Bonchev–Trinajstić information content (AvgIpc) is 3.52. The number of carbonyl (C=O) groups is 5. The molecule has 0 bridgehead atoms. The Hall–Kier alpha value is -5.39. The molecular formula is C40H33Cl2N3O8. The number of likely N-dealkylation sites (tertiary alicyclic amines) is 1. The molecule has 2 aliphatic heterocycles. The van der Waals surface area contributed by atoms with Crippen LogP contribution >= 0.6 is 23.2 Å². The van der Waals surface area contributed by atoms with E-state index in [-0.39, 0.29) is 35.8 Å². The summed E-state index contributed by atoms with van der Waals surface area (Å²) >= 11 is 12.7. The number of hydrogen-bond donors (Lipinski definition) is 3. The lowest BCUT2D eigenvalue weighted by Gasteiger charge is -2.51. The van der Waals surface area contributed by atoms with Crippen molar-refractivity contribution in [1.82, 2.24) is 9.91 Å². The lowest BCUT2D eigenvalue weighted by Crippen LogP contribution is -2.53. The molecule has 2 saturated heterocycles. The average molecular weight is 755 g/mol. The SMILES string of the molecule is COc1ccc([C@@]23C(=O)N(Nc4ccc(Cl)cc4Cl)C(=O)[C@@H]2C[C@@H]2C(=CC[C@@H]4C(=O)N(CCC(=O)O)C(=O)[C@@H]42)[C@@H]3c2ccc(O)c3ccccc23)cc1. The lowest BCUT2D eigenvalue weighted by molar-refractivity contribution is -0.143. The van der Waals surface area contributed by atoms with E-state index in [0.717, 1.165) is 15.5 Å². The Morgan fingerprint density at radius 2 is 1.66 bits per heavy atom. The van der Waals surface area contributed by atoms with Crippen molar-refractivity contribution < 1.29 is 38.9 Å². The highest BCUT2D eigenvalue weighted by atomic mass is 35.5. The zero-order valence-corrected chi connectivity index (χ0v) is 29.8. The summed E-state index contributed by atoms with van der Waals surface area (Å²) in [6.07, 6.45) is 1.77. The summed E-state index contributed by atoms with van der Waals surface area (Å²) in [6.45, 7) is -0.260. The van der Waals surface area contributed by atoms with Gasteiger partial charge in [0.2, 0.25) is 11.8 Å². The van der Waals surface area contributed by atoms with Gasteiger partial charge in [-0.3, -0.25) is 34.3 Å². The maximum absolute atomic E-state index is 15.5. The van der Waals surface area contributed by atoms with E-state index in [2.05, 4.69) is 5.43 Å². The Balaban J connectivity index is 1.37. The Morgan fingerprint density at radius 3 is 2.36 bits per heavy atom. The molecule has 0 aromatic heterocycles. The van der Waals surface area contributed by atoms with Crippen LogP contribution in [0.4, 0.5) is 5.69 Å². The van der Waals surface area contributed by atoms with Crippen molar-refractivity contribution in [3.8, 4) is 11.5 Å². The zero-order chi connectivity index (χ0) is 37.3. The van der Waals surface area contributed by atoms with Crippen molar-refractivity contribution in [1.29, 1.82) is 0 Å². The third-order valence-electron chi connectivity index (χ3n) is 11.5. The number of rotatable bonds is 8. The van der Waals surface area contributed by atoms with Crippen molar-refractivity contribution in [3.63, 3.8) is 0 Å². The van der Waals surface area contributed by atoms with Crippen molar-refractivity contribution in [2.24, 2.45) is 23.7 Å². The largest absolute Gasteiger partial charge is 0.507 e. The van der Waals surface area contributed by atoms with Crippen LogP contribution in [-0.2, 0) is 29.4 Å². The predicted octanol–water partition coefficient (Wildman–Crippen LogP) is 6.32. The van der Waals surface area contributed by atoms with Gasteiger partial charge in [0.25, 0.3) is 11.8 Å². The summed E-state index contributed by atoms with van der Waals surface area (Å²) in [4.78, 5) is 70.8. The molecule has 0 unspecified atom stereocenters. The summed E-state index contributed by atoms with van der Waals surface area (Å²) < 4.78 is 5.47. The topological polar surface area (TPSA) is 154 Å². The molecule has 11 nitrogen and oxygen atoms in total. The second-order valence-electron chi connectivity index (χ2n) is 13.9. The first-order chi connectivity index (χ1) is 25.5. The number of amides is 4. The summed E-state index contributed by atoms with van der Waals surface area (Å²) in [5.74, 6) is -6.75. The van der Waals surface area contributed by atoms with Crippen LogP contribution in [0.5, 0.6) is 11.5 Å². The van der Waals surface area contributed by atoms with Crippen LogP contribution in [0.15, 0.2) is 90.5 Å². The van der Waals surface area contributed by atoms with Gasteiger partial charge in [-0.15, -0.1) is 0 Å². The third-order valence-corrected chi connectivity index (χ3v) is 12.0. The number of allylic oxidation sites excluding steroid dienone is 2. The van der Waals surface area contributed by atoms with Crippen molar-refractivity contribution in [2.75, 3.05) is 19.1 Å². The fourth-order valence-corrected chi connectivity index (χ4v) is 9.69. The van der Waals surface area contributed by atoms with Crippen molar-refractivity contribution >= 4 is 69.3 Å². The molecule has 4 aliphatic rings. The molecule has 2 aliphatic carbocycles. The van der Waals surface area contributed by atoms with E-state index < -0.39 is 71.0 Å². The van der Waals surface area contributed by atoms with Gasteiger partial charge >= 0.3 is 5.97 Å². The lowest BCUT2D eigenvalue weighted by atomic mass is 9.49. The highest BCUT2D eigenvalue weighted by Crippen LogP contribution is 2.65. The monoisotopic (exact) mass is 753 g/mol. The molecule has 4 aromatic carbocycles. The maximum atomic E-state index is 15.5. The molecule has 6 atom stereocenters. The van der Waals surface area contributed by atoms with Gasteiger partial charge in [0.05, 0.1) is 47.4 Å². The number of benzene rings is 4. The Labute approximate surface area is 313 Å². The minimum absolute atomic E-state index is 0.0320. The number of hydrogen-bond acceptors (Lipinski definition) is 8. The molecular weight excluding hydrogens is 721 g/mol. The van der Waals surface area contributed by atoms with E-state index in [9.17, 15) is 29.4 Å². The summed E-state index contributed by atoms with van der Waals surface area (Å²) in [5, 5.41) is 23.1. The number of ether oxygens (including phenoxy) is 1. The number of hydrazine groups is 1. The van der Waals surface area contributed by atoms with Crippen LogP contribution in [-0.4, -0.2) is 63.4 Å². The van der Waals surface area contributed by atoms with E-state index in [1.807, 2.05) is 18.2 Å². The number of carboxylic acid groups (broad SMARTS) is 1. The number of aliphatic carboxylic acids is 1. The number of nitrogens with one attached hydrogen (secondary N) is 1. The van der Waals surface area contributed by atoms with Gasteiger partial charge in [-0.05, 0) is 71.7 Å². The Bertz CT molecular complexity index is 2280. The number of nitrogens with zero attached hydrogens (tertiary/aromatic N) is 2. The van der Waals surface area contributed by atoms with Crippen LogP contribution in [0.1, 0.15) is 36.3 Å². The van der Waals surface area contributed by atoms with Gasteiger partial charge < -0.3 is 14.9 Å². The summed E-state index contributed by atoms with van der Waals surface area (Å²) in [7, 11) is 1.53. The number of carbonyl (C=O) groups excluding carboxylic acids is 4. The predicted molar refractivity (Wildman–Crippen MR) is 195 cm³/mol. The molecule has 53 heavy (non-hydrogen) atoms. The number of carboxylic acids is 1. The number of phenols is 1. The van der Waals surface area contributed by atoms with Gasteiger partial charge in [0.1, 0.15) is 11.5 Å². The molecule has 0 radical (unpaired) electrons. The number of phenolic OH excluding ortho intramolecular Hbond substituents is 1. The van der Waals surface area contributed by atoms with Gasteiger partial charge in [-0.1, -0.05) is 77.3 Å². The molecule has 8 rings (SSSR count). The first kappa shape index (κ1) is 34.7. The van der Waals surface area contributed by atoms with Crippen LogP contribution in [0.3, 0.4) is 0 Å². The van der Waals surface area contributed by atoms with E-state index >= 15 is 4.79 Å². The number of aromatic hydroxyl groups is 1. The first-order valence-electron chi connectivity index (χ1n) is 17.2. The normalized spacial score (nSPS) is 26.3. The highest BCUT2D eigenvalue weighted by molar-refractivity contribution is 6.36. The molecule has 4 aromatic rings. The molecule has 0 spiro atoms. The Morgan fingerprint density at radius 1 is 0.925 bits per heavy atom. The maximum Gasteiger partial charge on any atom is 0.305 e. The second kappa shape index (κ2) is 12.9. The van der Waals surface area contributed by atoms with Crippen LogP contribution in [0.2, 0.25) is 10.0 Å². The molecule has 3 N–H and O–H groups in total. The van der Waals surface area contributed by atoms with Crippen molar-refractivity contribution in [2.45, 2.75) is 30.6 Å². The van der Waals surface area contributed by atoms with Gasteiger partial charge in [0.15, 0.2) is 0 Å². The minimum Gasteiger partial charge on any atom is -0.507 e. The van der Waals surface area contributed by atoms with Crippen LogP contribution in [0.25, 0.3) is 10.8 Å². The standard InChI is InChI=1S/C40H33Cl2N3O8/c1-53-22-9-6-20(7-10-22)40-29(37(50)45(39(40)52)43-31-14-8-21(41)18-30(31)42)19-28-26(35(40)25-13-15-32(46)24-5-3-2-4-23(24)25)11-12-27-34(28)38(51)44(36(27)49)17-16-33(47)48/h2-11,13-15,18,27-29,34-35,43,46H,12,16-17,19H2,1H3,(H,47,48)/t27-,28+,29-,34-,35-,40+/m0/s1. The molecule has 270 valence electrons. The molecule has 2 heterocycles. The van der Waals surface area contributed by atoms with E-state index in [1.54, 1.807) is 60.7 Å². The van der Waals surface area contributed by atoms with Gasteiger partial charge in [-0.2, -0.15) is 5.01 Å². The van der Waals surface area contributed by atoms with Crippen LogP contribution in [0, 0.1) is 23.7 Å². The zero-order valence-electron chi connectivity index (χ0n) is 28.3. The summed E-state index contributed by atoms with van der Waals surface area (Å²) in [6, 6.07) is 22.2. The van der Waals surface area contributed by atoms with E-state index in [4.69, 9.17) is 27.9 Å². The molecule has 1 saturated carbocycles. The van der Waals surface area contributed by atoms with Gasteiger partial charge in [0, 0.05) is 22.9 Å². The van der Waals surface area contributed by atoms with E-state index in [0.29, 0.717) is 32.7 Å². The van der Waals surface area contributed by atoms with E-state index in [1.165, 1.54) is 13.2 Å². The first-order valence-corrected chi connectivity index (χ1v) is 17.9. The Kier molecular flexibility index (Phi) is 8.46.